The first kappa shape index (κ1) is 22.9. The molecule has 1 aromatic heterocycles. The number of carbonyl (C=O) groups is 1. The second-order valence-electron chi connectivity index (χ2n) is 7.54. The Hall–Kier alpha value is -4.25. The number of non-ortho nitro benzene ring substituents is 1. The third-order valence-corrected chi connectivity index (χ3v) is 5.64. The molecule has 174 valence electrons. The number of carbonyl (C=O) groups excluding carboxylic acids is 1. The molecule has 3 aromatic rings. The highest BCUT2D eigenvalue weighted by Gasteiger charge is 2.35. The van der Waals surface area contributed by atoms with Crippen LogP contribution in [-0.4, -0.2) is 28.2 Å². The molecule has 4 rings (SSSR count). The van der Waals surface area contributed by atoms with Crippen LogP contribution in [0, 0.1) is 17.0 Å². The zero-order chi connectivity index (χ0) is 24.4. The summed E-state index contributed by atoms with van der Waals surface area (Å²) in [5, 5.41) is 21.4. The zero-order valence-corrected chi connectivity index (χ0v) is 19.4. The predicted octanol–water partition coefficient (Wildman–Crippen LogP) is 4.25. The van der Waals surface area contributed by atoms with E-state index in [-0.39, 0.29) is 11.5 Å². The topological polar surface area (TPSA) is 123 Å². The molecule has 0 bridgehead atoms. The van der Waals surface area contributed by atoms with Gasteiger partial charge in [0, 0.05) is 29.6 Å². The normalized spacial score (nSPS) is 15.7. The maximum atomic E-state index is 13.5. The summed E-state index contributed by atoms with van der Waals surface area (Å²) >= 11 is 5.64. The number of ether oxygens (including phenoxy) is 1. The van der Waals surface area contributed by atoms with Gasteiger partial charge in [0.2, 0.25) is 0 Å². The number of rotatable bonds is 6. The lowest BCUT2D eigenvalue weighted by atomic mass is 9.93. The molecule has 1 aliphatic rings. The average Bonchev–Trinajstić information content (AvgIpc) is 3.23. The summed E-state index contributed by atoms with van der Waals surface area (Å²) in [6.45, 7) is 3.48. The highest BCUT2D eigenvalue weighted by atomic mass is 32.1. The van der Waals surface area contributed by atoms with Gasteiger partial charge in [-0.2, -0.15) is 0 Å². The minimum Gasteiger partial charge on any atom is -0.497 e. The quantitative estimate of drug-likeness (QED) is 0.303. The number of nitrogens with one attached hydrogen (secondary N) is 2. The molecule has 0 aliphatic carbocycles. The number of aromatic nitrogens is 1. The van der Waals surface area contributed by atoms with Gasteiger partial charge in [-0.3, -0.25) is 19.8 Å². The van der Waals surface area contributed by atoms with Gasteiger partial charge in [-0.05, 0) is 55.9 Å². The number of benzene rings is 2. The van der Waals surface area contributed by atoms with Crippen LogP contribution in [0.2, 0.25) is 0 Å². The fourth-order valence-electron chi connectivity index (χ4n) is 3.76. The monoisotopic (exact) mass is 479 g/mol. The molecule has 1 aliphatic heterocycles. The molecule has 11 heteroatoms. The van der Waals surface area contributed by atoms with E-state index in [9.17, 15) is 14.9 Å². The number of nitro benzene ring substituents is 1. The molecule has 1 amide bonds. The van der Waals surface area contributed by atoms with Crippen molar-refractivity contribution in [1.82, 2.24) is 10.5 Å². The average molecular weight is 480 g/mol. The Labute approximate surface area is 200 Å². The van der Waals surface area contributed by atoms with E-state index in [1.165, 1.54) is 12.1 Å². The molecule has 10 nitrogen and oxygen atoms in total. The molecule has 2 N–H and O–H groups in total. The van der Waals surface area contributed by atoms with Crippen molar-refractivity contribution >= 4 is 40.4 Å². The first-order valence-corrected chi connectivity index (χ1v) is 10.6. The number of nitrogens with zero attached hydrogens (tertiary/aromatic N) is 3. The van der Waals surface area contributed by atoms with E-state index in [2.05, 4.69) is 15.8 Å². The molecule has 0 saturated heterocycles. The van der Waals surface area contributed by atoms with Crippen LogP contribution >= 0.6 is 12.2 Å². The van der Waals surface area contributed by atoms with Gasteiger partial charge in [0.15, 0.2) is 10.9 Å². The number of amides is 1. The highest BCUT2D eigenvalue weighted by molar-refractivity contribution is 7.80. The standard InChI is InChI=1S/C23H21N5O5S/c1-13-11-19(26-33-13)24-22(29)20-14(2)27(16-7-9-18(32-3)10-8-16)23(34)25-21(20)15-5-4-6-17(12-15)28(30)31/h4-12,21H,1-3H3,(H,25,34)(H,24,26,29). The van der Waals surface area contributed by atoms with Gasteiger partial charge in [0.25, 0.3) is 11.6 Å². The first-order chi connectivity index (χ1) is 16.3. The molecule has 34 heavy (non-hydrogen) atoms. The van der Waals surface area contributed by atoms with Crippen LogP contribution in [0.4, 0.5) is 17.2 Å². The number of anilines is 2. The number of aryl methyl sites for hydroxylation is 1. The van der Waals surface area contributed by atoms with Gasteiger partial charge in [-0.15, -0.1) is 0 Å². The summed E-state index contributed by atoms with van der Waals surface area (Å²) in [6.07, 6.45) is 0. The fourth-order valence-corrected chi connectivity index (χ4v) is 4.12. The lowest BCUT2D eigenvalue weighted by Gasteiger charge is -2.37. The van der Waals surface area contributed by atoms with E-state index in [0.717, 1.165) is 5.69 Å². The number of hydrogen-bond acceptors (Lipinski definition) is 7. The van der Waals surface area contributed by atoms with Crippen LogP contribution in [0.1, 0.15) is 24.3 Å². The van der Waals surface area contributed by atoms with Crippen molar-refractivity contribution in [2.24, 2.45) is 0 Å². The Morgan fingerprint density at radius 1 is 1.24 bits per heavy atom. The molecule has 2 aromatic carbocycles. The van der Waals surface area contributed by atoms with Crippen LogP contribution in [0.5, 0.6) is 5.75 Å². The van der Waals surface area contributed by atoms with Gasteiger partial charge >= 0.3 is 0 Å². The van der Waals surface area contributed by atoms with Crippen molar-refractivity contribution in [3.63, 3.8) is 0 Å². The van der Waals surface area contributed by atoms with Crippen molar-refractivity contribution in [3.05, 3.63) is 87.3 Å². The Balaban J connectivity index is 1.81. The van der Waals surface area contributed by atoms with Crippen molar-refractivity contribution < 1.29 is 19.0 Å². The summed E-state index contributed by atoms with van der Waals surface area (Å²) in [5.41, 5.74) is 2.03. The van der Waals surface area contributed by atoms with E-state index in [4.69, 9.17) is 21.5 Å². The largest absolute Gasteiger partial charge is 0.497 e. The van der Waals surface area contributed by atoms with E-state index < -0.39 is 16.9 Å². The molecule has 1 atom stereocenters. The van der Waals surface area contributed by atoms with E-state index in [1.54, 1.807) is 56.2 Å². The molecule has 1 unspecified atom stereocenters. The van der Waals surface area contributed by atoms with Crippen molar-refractivity contribution in [2.75, 3.05) is 17.3 Å². The number of nitro groups is 1. The van der Waals surface area contributed by atoms with E-state index in [0.29, 0.717) is 33.5 Å². The van der Waals surface area contributed by atoms with Gasteiger partial charge in [0.1, 0.15) is 11.5 Å². The maximum Gasteiger partial charge on any atom is 0.269 e. The summed E-state index contributed by atoms with van der Waals surface area (Å²) in [5.74, 6) is 1.02. The molecule has 0 radical (unpaired) electrons. The molecule has 0 fully saturated rings. The third-order valence-electron chi connectivity index (χ3n) is 5.34. The Bertz CT molecular complexity index is 1300. The fraction of sp³-hybridized carbons (Fsp3) is 0.174. The second kappa shape index (κ2) is 9.32. The van der Waals surface area contributed by atoms with Crippen molar-refractivity contribution in [2.45, 2.75) is 19.9 Å². The number of thiocarbonyl (C=S) groups is 1. The van der Waals surface area contributed by atoms with Crippen LogP contribution in [0.15, 0.2) is 70.4 Å². The summed E-state index contributed by atoms with van der Waals surface area (Å²) in [4.78, 5) is 26.0. The number of hydrogen-bond donors (Lipinski definition) is 2. The molecule has 2 heterocycles. The lowest BCUT2D eigenvalue weighted by Crippen LogP contribution is -2.48. The Morgan fingerprint density at radius 3 is 2.59 bits per heavy atom. The van der Waals surface area contributed by atoms with Crippen LogP contribution in [0.25, 0.3) is 0 Å². The van der Waals surface area contributed by atoms with Gasteiger partial charge in [0.05, 0.1) is 23.6 Å². The molecule has 0 spiro atoms. The lowest BCUT2D eigenvalue weighted by molar-refractivity contribution is -0.384. The molecular weight excluding hydrogens is 458 g/mol. The zero-order valence-electron chi connectivity index (χ0n) is 18.6. The maximum absolute atomic E-state index is 13.5. The van der Waals surface area contributed by atoms with Gasteiger partial charge < -0.3 is 19.9 Å². The smallest absolute Gasteiger partial charge is 0.269 e. The van der Waals surface area contributed by atoms with E-state index in [1.807, 2.05) is 12.1 Å². The highest BCUT2D eigenvalue weighted by Crippen LogP contribution is 2.35. The second-order valence-corrected chi connectivity index (χ2v) is 7.93. The first-order valence-electron chi connectivity index (χ1n) is 10.2. The number of allylic oxidation sites excluding steroid dienone is 1. The van der Waals surface area contributed by atoms with Crippen LogP contribution in [-0.2, 0) is 4.79 Å². The summed E-state index contributed by atoms with van der Waals surface area (Å²) in [7, 11) is 1.57. The molecule has 0 saturated carbocycles. The van der Waals surface area contributed by atoms with E-state index >= 15 is 0 Å². The third kappa shape index (κ3) is 4.46. The Kier molecular flexibility index (Phi) is 6.28. The van der Waals surface area contributed by atoms with Gasteiger partial charge in [-0.1, -0.05) is 17.3 Å². The molecular formula is C23H21N5O5S. The van der Waals surface area contributed by atoms with Crippen LogP contribution < -0.4 is 20.3 Å². The van der Waals surface area contributed by atoms with Crippen molar-refractivity contribution in [1.29, 1.82) is 0 Å². The summed E-state index contributed by atoms with van der Waals surface area (Å²) < 4.78 is 10.3. The number of methoxy groups -OCH3 is 1. The Morgan fingerprint density at radius 2 is 1.97 bits per heavy atom. The SMILES string of the molecule is COc1ccc(N2C(=S)NC(c3cccc([N+](=O)[O-])c3)C(C(=O)Nc3cc(C)on3)=C2C)cc1. The minimum absolute atomic E-state index is 0.0904. The minimum atomic E-state index is -0.727. The van der Waals surface area contributed by atoms with Gasteiger partial charge in [-0.25, -0.2) is 0 Å². The summed E-state index contributed by atoms with van der Waals surface area (Å²) in [6, 6.07) is 14.2. The predicted molar refractivity (Wildman–Crippen MR) is 130 cm³/mol. The van der Waals surface area contributed by atoms with Crippen molar-refractivity contribution in [3.8, 4) is 5.75 Å². The van der Waals surface area contributed by atoms with Crippen LogP contribution in [0.3, 0.4) is 0 Å².